The van der Waals surface area contributed by atoms with E-state index in [0.717, 1.165) is 16.3 Å². The molecule has 3 heteroatoms. The first-order valence-electron chi connectivity index (χ1n) is 7.26. The van der Waals surface area contributed by atoms with Gasteiger partial charge in [-0.2, -0.15) is 0 Å². The molecule has 0 aliphatic heterocycles. The fourth-order valence-electron chi connectivity index (χ4n) is 2.62. The molecular formula is C20H16O3. The number of phenols is 1. The number of aromatic hydroxyl groups is 1. The number of ether oxygens (including phenoxy) is 1. The van der Waals surface area contributed by atoms with Crippen LogP contribution in [-0.2, 0) is 4.74 Å². The zero-order valence-electron chi connectivity index (χ0n) is 12.7. The van der Waals surface area contributed by atoms with Crippen LogP contribution in [0.1, 0.15) is 15.9 Å². The summed E-state index contributed by atoms with van der Waals surface area (Å²) >= 11 is 0. The van der Waals surface area contributed by atoms with Gasteiger partial charge in [0.05, 0.1) is 24.5 Å². The number of ketones is 1. The molecule has 3 aromatic carbocycles. The van der Waals surface area contributed by atoms with E-state index in [1.54, 1.807) is 12.1 Å². The normalized spacial score (nSPS) is 11.4. The van der Waals surface area contributed by atoms with E-state index in [2.05, 4.69) is 0 Å². The number of methoxy groups -OCH3 is 1. The highest BCUT2D eigenvalue weighted by Crippen LogP contribution is 2.31. The highest BCUT2D eigenvalue weighted by Gasteiger charge is 2.20. The number of benzene rings is 3. The molecule has 114 valence electrons. The summed E-state index contributed by atoms with van der Waals surface area (Å²) in [7, 11) is 1.50. The molecule has 0 aliphatic carbocycles. The number of rotatable bonds is 4. The first-order chi connectivity index (χ1) is 11.2. The fraction of sp³-hybridized carbons (Fsp3) is 0.0500. The predicted molar refractivity (Wildman–Crippen MR) is 91.4 cm³/mol. The molecule has 3 rings (SSSR count). The highest BCUT2D eigenvalue weighted by atomic mass is 16.5. The van der Waals surface area contributed by atoms with Crippen LogP contribution in [0.2, 0.25) is 0 Å². The van der Waals surface area contributed by atoms with Gasteiger partial charge in [-0.15, -0.1) is 0 Å². The first kappa shape index (κ1) is 14.9. The van der Waals surface area contributed by atoms with Gasteiger partial charge in [-0.25, -0.2) is 0 Å². The van der Waals surface area contributed by atoms with Crippen molar-refractivity contribution >= 4 is 22.1 Å². The summed E-state index contributed by atoms with van der Waals surface area (Å²) in [5, 5.41) is 11.9. The van der Waals surface area contributed by atoms with Gasteiger partial charge in [-0.3, -0.25) is 4.79 Å². The predicted octanol–water partition coefficient (Wildman–Crippen LogP) is 4.42. The summed E-state index contributed by atoms with van der Waals surface area (Å²) in [6, 6.07) is 20.1. The maximum Gasteiger partial charge on any atom is 0.201 e. The Morgan fingerprint density at radius 3 is 2.39 bits per heavy atom. The second kappa shape index (κ2) is 6.36. The van der Waals surface area contributed by atoms with E-state index in [9.17, 15) is 9.90 Å². The zero-order valence-corrected chi connectivity index (χ0v) is 12.7. The van der Waals surface area contributed by atoms with Crippen molar-refractivity contribution in [1.29, 1.82) is 0 Å². The van der Waals surface area contributed by atoms with E-state index < -0.39 is 0 Å². The number of hydrogen-bond acceptors (Lipinski definition) is 3. The Hall–Kier alpha value is -3.07. The van der Waals surface area contributed by atoms with Crippen LogP contribution in [-0.4, -0.2) is 18.0 Å². The van der Waals surface area contributed by atoms with Gasteiger partial charge in [0.15, 0.2) is 0 Å². The minimum Gasteiger partial charge on any atom is -0.507 e. The number of carbonyl (C=O) groups is 1. The SMILES string of the molecule is COC=C(C(=O)c1c(O)ccc2ccccc12)c1ccccc1. The molecule has 1 N–H and O–H groups in total. The Bertz CT molecular complexity index is 880. The number of allylic oxidation sites excluding steroid dienone is 1. The molecule has 0 atom stereocenters. The van der Waals surface area contributed by atoms with Crippen molar-refractivity contribution in [2.24, 2.45) is 0 Å². The van der Waals surface area contributed by atoms with Crippen LogP contribution in [0.3, 0.4) is 0 Å². The topological polar surface area (TPSA) is 46.5 Å². The van der Waals surface area contributed by atoms with Crippen molar-refractivity contribution < 1.29 is 14.6 Å². The molecular weight excluding hydrogens is 288 g/mol. The summed E-state index contributed by atoms with van der Waals surface area (Å²) in [6.45, 7) is 0. The minimum atomic E-state index is -0.271. The first-order valence-corrected chi connectivity index (χ1v) is 7.26. The van der Waals surface area contributed by atoms with Crippen molar-refractivity contribution in [1.82, 2.24) is 0 Å². The van der Waals surface area contributed by atoms with E-state index in [0.29, 0.717) is 5.57 Å². The van der Waals surface area contributed by atoms with E-state index in [4.69, 9.17) is 4.74 Å². The molecule has 0 aromatic heterocycles. The van der Waals surface area contributed by atoms with Gasteiger partial charge >= 0.3 is 0 Å². The minimum absolute atomic E-state index is 0.0355. The Morgan fingerprint density at radius 2 is 1.65 bits per heavy atom. The quantitative estimate of drug-likeness (QED) is 0.441. The van der Waals surface area contributed by atoms with Crippen LogP contribution >= 0.6 is 0 Å². The van der Waals surface area contributed by atoms with Gasteiger partial charge in [0.2, 0.25) is 5.78 Å². The van der Waals surface area contributed by atoms with Gasteiger partial charge in [-0.05, 0) is 22.4 Å². The smallest absolute Gasteiger partial charge is 0.201 e. The monoisotopic (exact) mass is 304 g/mol. The lowest BCUT2D eigenvalue weighted by Gasteiger charge is -2.11. The summed E-state index contributed by atoms with van der Waals surface area (Å²) in [4.78, 5) is 13.1. The third-order valence-corrected chi connectivity index (χ3v) is 3.70. The molecule has 0 saturated heterocycles. The van der Waals surface area contributed by atoms with Crippen molar-refractivity contribution in [3.05, 3.63) is 84.1 Å². The summed E-state index contributed by atoms with van der Waals surface area (Å²) < 4.78 is 5.09. The number of phenolic OH excluding ortho intramolecular Hbond substituents is 1. The molecule has 0 saturated carbocycles. The maximum atomic E-state index is 13.1. The number of hydrogen-bond donors (Lipinski definition) is 1. The van der Waals surface area contributed by atoms with E-state index in [-0.39, 0.29) is 17.1 Å². The van der Waals surface area contributed by atoms with Gasteiger partial charge in [-0.1, -0.05) is 60.7 Å². The average molecular weight is 304 g/mol. The fourth-order valence-corrected chi connectivity index (χ4v) is 2.62. The average Bonchev–Trinajstić information content (AvgIpc) is 2.60. The maximum absolute atomic E-state index is 13.1. The molecule has 0 heterocycles. The van der Waals surface area contributed by atoms with Gasteiger partial charge in [0.25, 0.3) is 0 Å². The second-order valence-electron chi connectivity index (χ2n) is 5.14. The van der Waals surface area contributed by atoms with Crippen molar-refractivity contribution in [3.8, 4) is 5.75 Å². The molecule has 0 amide bonds. The third-order valence-electron chi connectivity index (χ3n) is 3.70. The highest BCUT2D eigenvalue weighted by molar-refractivity contribution is 6.33. The van der Waals surface area contributed by atoms with Gasteiger partial charge in [0, 0.05) is 0 Å². The number of fused-ring (bicyclic) bond motifs is 1. The zero-order chi connectivity index (χ0) is 16.2. The molecule has 23 heavy (non-hydrogen) atoms. The number of carbonyl (C=O) groups excluding carboxylic acids is 1. The lowest BCUT2D eigenvalue weighted by molar-refractivity contribution is 0.105. The van der Waals surface area contributed by atoms with Crippen LogP contribution < -0.4 is 0 Å². The summed E-state index contributed by atoms with van der Waals surface area (Å²) in [5.41, 5.74) is 1.43. The molecule has 0 fully saturated rings. The van der Waals surface area contributed by atoms with Gasteiger partial charge in [0.1, 0.15) is 5.75 Å². The van der Waals surface area contributed by atoms with Crippen LogP contribution in [0.15, 0.2) is 73.0 Å². The van der Waals surface area contributed by atoms with Crippen molar-refractivity contribution in [2.75, 3.05) is 7.11 Å². The van der Waals surface area contributed by atoms with Crippen LogP contribution in [0.4, 0.5) is 0 Å². The molecule has 3 aromatic rings. The van der Waals surface area contributed by atoms with E-state index >= 15 is 0 Å². The van der Waals surface area contributed by atoms with E-state index in [1.165, 1.54) is 13.4 Å². The molecule has 0 bridgehead atoms. The Balaban J connectivity index is 2.19. The molecule has 3 nitrogen and oxygen atoms in total. The van der Waals surface area contributed by atoms with Gasteiger partial charge < -0.3 is 9.84 Å². The van der Waals surface area contributed by atoms with Crippen LogP contribution in [0, 0.1) is 0 Å². The van der Waals surface area contributed by atoms with Crippen molar-refractivity contribution in [3.63, 3.8) is 0 Å². The second-order valence-corrected chi connectivity index (χ2v) is 5.14. The summed E-state index contributed by atoms with van der Waals surface area (Å²) in [6.07, 6.45) is 1.42. The molecule has 0 radical (unpaired) electrons. The summed E-state index contributed by atoms with van der Waals surface area (Å²) in [5.74, 6) is -0.306. The molecule has 0 spiro atoms. The molecule has 0 aliphatic rings. The lowest BCUT2D eigenvalue weighted by atomic mass is 9.93. The standard InChI is InChI=1S/C20H16O3/c1-23-13-17(14-7-3-2-4-8-14)20(22)19-16-10-6-5-9-15(16)11-12-18(19)21/h2-13,21H,1H3. The lowest BCUT2D eigenvalue weighted by Crippen LogP contribution is -2.05. The Morgan fingerprint density at radius 1 is 0.957 bits per heavy atom. The van der Waals surface area contributed by atoms with Crippen LogP contribution in [0.5, 0.6) is 5.75 Å². The largest absolute Gasteiger partial charge is 0.507 e. The Labute approximate surface area is 134 Å². The third kappa shape index (κ3) is 2.81. The number of Topliss-reactive ketones (excluding diaryl/α,β-unsaturated/α-hetero) is 1. The Kier molecular flexibility index (Phi) is 4.11. The van der Waals surface area contributed by atoms with Crippen molar-refractivity contribution in [2.45, 2.75) is 0 Å². The van der Waals surface area contributed by atoms with E-state index in [1.807, 2.05) is 54.6 Å². The molecule has 0 unspecified atom stereocenters. The van der Waals surface area contributed by atoms with Crippen LogP contribution in [0.25, 0.3) is 16.3 Å².